The summed E-state index contributed by atoms with van der Waals surface area (Å²) in [6.45, 7) is 2.75. The van der Waals surface area contributed by atoms with Crippen molar-refractivity contribution in [3.05, 3.63) is 36.5 Å². The molecule has 14 heteroatoms. The van der Waals surface area contributed by atoms with Crippen LogP contribution < -0.4 is 5.32 Å². The monoisotopic (exact) mass is 1050 g/mol. The molecule has 12 atom stereocenters. The van der Waals surface area contributed by atoms with Crippen LogP contribution in [0.1, 0.15) is 245 Å². The average molecular weight is 1050 g/mol. The molecule has 2 saturated heterocycles. The van der Waals surface area contributed by atoms with Crippen LogP contribution in [0.2, 0.25) is 0 Å². The van der Waals surface area contributed by atoms with E-state index in [1.54, 1.807) is 0 Å². The molecule has 0 spiro atoms. The van der Waals surface area contributed by atoms with E-state index in [-0.39, 0.29) is 12.5 Å². The molecular weight excluding hydrogens is 943 g/mol. The van der Waals surface area contributed by atoms with Gasteiger partial charge in [0.1, 0.15) is 48.8 Å². The summed E-state index contributed by atoms with van der Waals surface area (Å²) in [5.41, 5.74) is 0. The second kappa shape index (κ2) is 46.2. The van der Waals surface area contributed by atoms with E-state index in [1.807, 2.05) is 0 Å². The summed E-state index contributed by atoms with van der Waals surface area (Å²) >= 11 is 0. The highest BCUT2D eigenvalue weighted by Crippen LogP contribution is 2.30. The summed E-state index contributed by atoms with van der Waals surface area (Å²) in [6, 6.07) is -0.823. The number of amides is 1. The molecule has 2 rings (SSSR count). The molecule has 0 aromatic heterocycles. The Kier molecular flexibility index (Phi) is 42.6. The predicted molar refractivity (Wildman–Crippen MR) is 295 cm³/mol. The van der Waals surface area contributed by atoms with Crippen LogP contribution in [0, 0.1) is 0 Å². The molecule has 74 heavy (non-hydrogen) atoms. The first kappa shape index (κ1) is 68.3. The number of allylic oxidation sites excluding steroid dienone is 6. The van der Waals surface area contributed by atoms with Crippen LogP contribution in [0.5, 0.6) is 0 Å². The molecule has 0 saturated carbocycles. The molecule has 0 bridgehead atoms. The first-order chi connectivity index (χ1) is 36.1. The van der Waals surface area contributed by atoms with Gasteiger partial charge in [-0.3, -0.25) is 4.79 Å². The Bertz CT molecular complexity index is 1380. The summed E-state index contributed by atoms with van der Waals surface area (Å²) in [4.78, 5) is 13.1. The van der Waals surface area contributed by atoms with Crippen LogP contribution in [-0.4, -0.2) is 140 Å². The maximum absolute atomic E-state index is 13.1. The summed E-state index contributed by atoms with van der Waals surface area (Å²) in [5, 5.41) is 86.5. The topological polar surface area (TPSA) is 228 Å². The highest BCUT2D eigenvalue weighted by molar-refractivity contribution is 5.76. The van der Waals surface area contributed by atoms with Gasteiger partial charge in [0.15, 0.2) is 12.6 Å². The number of ether oxygens (including phenoxy) is 4. The van der Waals surface area contributed by atoms with Gasteiger partial charge in [-0.15, -0.1) is 0 Å². The largest absolute Gasteiger partial charge is 0.394 e. The third-order valence-electron chi connectivity index (χ3n) is 14.9. The van der Waals surface area contributed by atoms with Gasteiger partial charge in [0.05, 0.1) is 32.0 Å². The van der Waals surface area contributed by atoms with Gasteiger partial charge in [0.2, 0.25) is 5.91 Å². The Morgan fingerprint density at radius 3 is 1.36 bits per heavy atom. The molecule has 12 unspecified atom stereocenters. The van der Waals surface area contributed by atoms with Crippen molar-refractivity contribution in [1.29, 1.82) is 0 Å². The molecule has 0 radical (unpaired) electrons. The van der Waals surface area contributed by atoms with Crippen LogP contribution in [0.3, 0.4) is 0 Å². The molecule has 0 aromatic carbocycles. The van der Waals surface area contributed by atoms with E-state index in [0.717, 1.165) is 70.6 Å². The van der Waals surface area contributed by atoms with Gasteiger partial charge >= 0.3 is 0 Å². The van der Waals surface area contributed by atoms with Gasteiger partial charge in [-0.2, -0.15) is 0 Å². The van der Waals surface area contributed by atoms with Crippen molar-refractivity contribution < 1.29 is 64.6 Å². The molecule has 2 aliphatic heterocycles. The quantitative estimate of drug-likeness (QED) is 0.0204. The lowest BCUT2D eigenvalue weighted by Gasteiger charge is -2.46. The first-order valence-corrected chi connectivity index (χ1v) is 30.2. The molecule has 1 amide bonds. The van der Waals surface area contributed by atoms with Gasteiger partial charge in [0.25, 0.3) is 0 Å². The van der Waals surface area contributed by atoms with E-state index >= 15 is 0 Å². The Labute approximate surface area is 449 Å². The van der Waals surface area contributed by atoms with Crippen molar-refractivity contribution in [2.24, 2.45) is 0 Å². The Hall–Kier alpha value is -1.79. The number of hydrogen-bond donors (Lipinski definition) is 9. The average Bonchev–Trinajstić information content (AvgIpc) is 3.40. The SMILES string of the molecule is CCCCCCC/C=C\C/C=C\C/C=C\CCCCCCCCCCCCCCCCCCCCCCC(=O)NC(COC1OC(CO)C(OC2OC(CO)C(O)C(O)C2O)C(O)C1O)C(O)CCCCCCC. The van der Waals surface area contributed by atoms with Crippen LogP contribution >= 0.6 is 0 Å². The number of carbonyl (C=O) groups excluding carboxylic acids is 1. The highest BCUT2D eigenvalue weighted by Gasteiger charge is 2.51. The predicted octanol–water partition coefficient (Wildman–Crippen LogP) is 10.2. The van der Waals surface area contributed by atoms with Crippen molar-refractivity contribution in [3.63, 3.8) is 0 Å². The highest BCUT2D eigenvalue weighted by atomic mass is 16.7. The maximum atomic E-state index is 13.1. The lowest BCUT2D eigenvalue weighted by atomic mass is 9.97. The van der Waals surface area contributed by atoms with E-state index in [2.05, 4.69) is 55.6 Å². The number of aliphatic hydroxyl groups excluding tert-OH is 8. The zero-order valence-electron chi connectivity index (χ0n) is 46.6. The molecule has 9 N–H and O–H groups in total. The molecule has 2 heterocycles. The van der Waals surface area contributed by atoms with Crippen LogP contribution in [-0.2, 0) is 23.7 Å². The van der Waals surface area contributed by atoms with E-state index in [9.17, 15) is 45.6 Å². The van der Waals surface area contributed by atoms with Gasteiger partial charge in [-0.25, -0.2) is 0 Å². The van der Waals surface area contributed by atoms with Crippen molar-refractivity contribution in [3.8, 4) is 0 Å². The second-order valence-electron chi connectivity index (χ2n) is 21.5. The van der Waals surface area contributed by atoms with Crippen molar-refractivity contribution in [2.75, 3.05) is 19.8 Å². The normalized spacial score (nSPS) is 25.4. The number of aliphatic hydroxyl groups is 8. The van der Waals surface area contributed by atoms with Crippen molar-refractivity contribution in [2.45, 2.75) is 319 Å². The molecular formula is C60H111NO13. The van der Waals surface area contributed by atoms with E-state index in [4.69, 9.17) is 18.9 Å². The van der Waals surface area contributed by atoms with Crippen LogP contribution in [0.15, 0.2) is 36.5 Å². The molecule has 0 aliphatic carbocycles. The van der Waals surface area contributed by atoms with Crippen molar-refractivity contribution in [1.82, 2.24) is 5.32 Å². The minimum atomic E-state index is -1.78. The fraction of sp³-hybridized carbons (Fsp3) is 0.883. The molecule has 2 aliphatic rings. The Morgan fingerprint density at radius 1 is 0.486 bits per heavy atom. The Balaban J connectivity index is 1.51. The number of nitrogens with one attached hydrogen (secondary N) is 1. The standard InChI is InChI=1S/C60H111NO13/c1-3-5-7-9-10-11-12-13-14-15-16-17-18-19-20-21-22-23-24-25-26-27-28-29-30-31-32-33-34-35-36-37-38-40-42-44-52(65)61-48(49(64)43-41-39-8-6-4-2)47-71-59-57(70)55(68)58(51(46-63)73-59)74-60-56(69)54(67)53(66)50(45-62)72-60/h12-13,15-16,18-19,48-51,53-60,62-64,66-70H,3-11,14,17,20-47H2,1-2H3,(H,61,65)/b13-12-,16-15-,19-18-. The van der Waals surface area contributed by atoms with Gasteiger partial charge in [0, 0.05) is 6.42 Å². The van der Waals surface area contributed by atoms with E-state index in [0.29, 0.717) is 12.8 Å². The number of hydrogen-bond acceptors (Lipinski definition) is 13. The number of unbranched alkanes of at least 4 members (excludes halogenated alkanes) is 29. The maximum Gasteiger partial charge on any atom is 0.220 e. The van der Waals surface area contributed by atoms with Crippen molar-refractivity contribution >= 4 is 5.91 Å². The van der Waals surface area contributed by atoms with E-state index in [1.165, 1.54) is 148 Å². The van der Waals surface area contributed by atoms with Crippen LogP contribution in [0.25, 0.3) is 0 Å². The van der Waals surface area contributed by atoms with Gasteiger partial charge in [-0.1, -0.05) is 224 Å². The first-order valence-electron chi connectivity index (χ1n) is 30.2. The zero-order chi connectivity index (χ0) is 53.9. The minimum absolute atomic E-state index is 0.211. The van der Waals surface area contributed by atoms with E-state index < -0.39 is 86.8 Å². The molecule has 14 nitrogen and oxygen atoms in total. The Morgan fingerprint density at radius 2 is 0.892 bits per heavy atom. The smallest absolute Gasteiger partial charge is 0.220 e. The summed E-state index contributed by atoms with van der Waals surface area (Å²) in [7, 11) is 0. The molecule has 2 fully saturated rings. The van der Waals surface area contributed by atoms with Gasteiger partial charge in [-0.05, 0) is 51.4 Å². The summed E-state index contributed by atoms with van der Waals surface area (Å²) < 4.78 is 22.7. The summed E-state index contributed by atoms with van der Waals surface area (Å²) in [6.07, 6.45) is 39.6. The lowest BCUT2D eigenvalue weighted by Crippen LogP contribution is -2.65. The number of carbonyl (C=O) groups is 1. The second-order valence-corrected chi connectivity index (χ2v) is 21.5. The fourth-order valence-corrected chi connectivity index (χ4v) is 9.95. The third kappa shape index (κ3) is 31.6. The lowest BCUT2D eigenvalue weighted by molar-refractivity contribution is -0.359. The fourth-order valence-electron chi connectivity index (χ4n) is 9.95. The third-order valence-corrected chi connectivity index (χ3v) is 14.9. The van der Waals surface area contributed by atoms with Crippen LogP contribution in [0.4, 0.5) is 0 Å². The molecule has 434 valence electrons. The zero-order valence-corrected chi connectivity index (χ0v) is 46.6. The number of rotatable bonds is 48. The minimum Gasteiger partial charge on any atom is -0.394 e. The molecule has 0 aromatic rings. The summed E-state index contributed by atoms with van der Waals surface area (Å²) in [5.74, 6) is -0.211. The van der Waals surface area contributed by atoms with Gasteiger partial charge < -0.3 is 65.1 Å².